The molecule has 0 bridgehead atoms. The Bertz CT molecular complexity index is 1340. The summed E-state index contributed by atoms with van der Waals surface area (Å²) in [5.41, 5.74) is -3.35. The molecule has 8 N–H and O–H groups in total. The van der Waals surface area contributed by atoms with Gasteiger partial charge in [-0.2, -0.15) is 13.2 Å². The number of nitrogens with zero attached hydrogens (tertiary/aromatic N) is 2. The first-order chi connectivity index (χ1) is 17.6. The predicted octanol–water partition coefficient (Wildman–Crippen LogP) is -2.40. The average Bonchev–Trinajstić information content (AvgIpc) is 3.41. The molecular formula is C20H23F3N8O6S. The number of carbonyl (C=O) groups excluding carboxylic acids is 2. The van der Waals surface area contributed by atoms with Crippen molar-refractivity contribution in [1.29, 1.82) is 10.8 Å². The van der Waals surface area contributed by atoms with Gasteiger partial charge in [0.25, 0.3) is 0 Å². The van der Waals surface area contributed by atoms with Crippen LogP contribution in [0.4, 0.5) is 13.2 Å². The van der Waals surface area contributed by atoms with E-state index in [1.165, 1.54) is 0 Å². The Labute approximate surface area is 213 Å². The third-order valence-electron chi connectivity index (χ3n) is 7.20. The Morgan fingerprint density at radius 1 is 1.13 bits per heavy atom. The van der Waals surface area contributed by atoms with Gasteiger partial charge in [0.15, 0.2) is 17.6 Å². The highest BCUT2D eigenvalue weighted by Gasteiger charge is 2.74. The van der Waals surface area contributed by atoms with E-state index in [4.69, 9.17) is 10.8 Å². The molecule has 1 spiro atoms. The fraction of sp³-hybridized carbons (Fsp3) is 0.500. The van der Waals surface area contributed by atoms with E-state index in [0.29, 0.717) is 12.1 Å². The molecule has 0 aliphatic carbocycles. The Morgan fingerprint density at radius 2 is 1.79 bits per heavy atom. The van der Waals surface area contributed by atoms with Gasteiger partial charge in [-0.3, -0.25) is 25.3 Å². The van der Waals surface area contributed by atoms with Crippen LogP contribution in [0, 0.1) is 10.8 Å². The van der Waals surface area contributed by atoms with Gasteiger partial charge >= 0.3 is 6.18 Å². The van der Waals surface area contributed by atoms with Gasteiger partial charge in [0.1, 0.15) is 0 Å². The Balaban J connectivity index is 1.48. The quantitative estimate of drug-likeness (QED) is 0.141. The number of hydrogen-bond donors (Lipinski definition) is 8. The number of sulfonamides is 1. The van der Waals surface area contributed by atoms with Gasteiger partial charge in [-0.1, -0.05) is 6.07 Å². The van der Waals surface area contributed by atoms with Crippen molar-refractivity contribution in [3.8, 4) is 0 Å². The predicted molar refractivity (Wildman–Crippen MR) is 121 cm³/mol. The van der Waals surface area contributed by atoms with E-state index in [0.717, 1.165) is 21.9 Å². The Kier molecular flexibility index (Phi) is 5.68. The van der Waals surface area contributed by atoms with Crippen molar-refractivity contribution in [3.05, 3.63) is 29.8 Å². The lowest BCUT2D eigenvalue weighted by Gasteiger charge is -2.51. The number of hydrogen-bond acceptors (Lipinski definition) is 8. The van der Waals surface area contributed by atoms with Crippen molar-refractivity contribution >= 4 is 33.8 Å². The van der Waals surface area contributed by atoms with Crippen molar-refractivity contribution in [1.82, 2.24) is 30.5 Å². The summed E-state index contributed by atoms with van der Waals surface area (Å²) in [5, 5.41) is 47.3. The minimum absolute atomic E-state index is 0.00420. The molecule has 38 heavy (non-hydrogen) atoms. The number of benzene rings is 1. The van der Waals surface area contributed by atoms with Gasteiger partial charge < -0.3 is 31.1 Å². The van der Waals surface area contributed by atoms with Crippen LogP contribution in [0.5, 0.6) is 0 Å². The summed E-state index contributed by atoms with van der Waals surface area (Å²) in [6.07, 6.45) is -4.83. The molecule has 206 valence electrons. The zero-order chi connectivity index (χ0) is 27.8. The summed E-state index contributed by atoms with van der Waals surface area (Å²) in [6.45, 7) is -0.817. The van der Waals surface area contributed by atoms with Crippen LogP contribution in [-0.2, 0) is 25.8 Å². The largest absolute Gasteiger partial charge is 0.416 e. The zero-order valence-corrected chi connectivity index (χ0v) is 20.2. The molecule has 4 fully saturated rings. The van der Waals surface area contributed by atoms with E-state index in [1.807, 2.05) is 4.72 Å². The van der Waals surface area contributed by atoms with Crippen LogP contribution < -0.4 is 20.7 Å². The minimum atomic E-state index is -4.82. The molecule has 0 radical (unpaired) electrons. The van der Waals surface area contributed by atoms with Gasteiger partial charge in [-0.25, -0.2) is 13.1 Å². The number of rotatable bonds is 5. The second-order valence-corrected chi connectivity index (χ2v) is 11.1. The third kappa shape index (κ3) is 3.77. The van der Waals surface area contributed by atoms with E-state index in [-0.39, 0.29) is 19.4 Å². The molecule has 5 rings (SSSR count). The first-order valence-electron chi connectivity index (χ1n) is 11.3. The second kappa shape index (κ2) is 8.26. The molecule has 18 heteroatoms. The van der Waals surface area contributed by atoms with Crippen LogP contribution in [-0.4, -0.2) is 94.8 Å². The van der Waals surface area contributed by atoms with Crippen molar-refractivity contribution in [2.24, 2.45) is 0 Å². The van der Waals surface area contributed by atoms with Crippen LogP contribution in [0.25, 0.3) is 0 Å². The minimum Gasteiger partial charge on any atom is -0.361 e. The van der Waals surface area contributed by atoms with Crippen molar-refractivity contribution in [2.75, 3.05) is 13.1 Å². The summed E-state index contributed by atoms with van der Waals surface area (Å²) < 4.78 is 67.4. The third-order valence-corrected chi connectivity index (χ3v) is 8.67. The highest BCUT2D eigenvalue weighted by atomic mass is 32.2. The smallest absolute Gasteiger partial charge is 0.361 e. The number of halogens is 3. The van der Waals surface area contributed by atoms with Gasteiger partial charge in [-0.15, -0.1) is 0 Å². The maximum atomic E-state index is 13.1. The molecule has 1 aromatic carbocycles. The highest BCUT2D eigenvalue weighted by molar-refractivity contribution is 7.89. The van der Waals surface area contributed by atoms with Crippen LogP contribution in [0.15, 0.2) is 29.2 Å². The number of amides is 2. The number of carbonyl (C=O) groups is 2. The molecule has 4 saturated heterocycles. The number of likely N-dealkylation sites (tertiary alicyclic amines) is 1. The van der Waals surface area contributed by atoms with E-state index in [1.54, 1.807) is 0 Å². The molecule has 4 aliphatic heterocycles. The van der Waals surface area contributed by atoms with Gasteiger partial charge in [0.2, 0.25) is 27.6 Å². The molecule has 4 heterocycles. The van der Waals surface area contributed by atoms with Crippen LogP contribution in [0.2, 0.25) is 0 Å². The van der Waals surface area contributed by atoms with Crippen molar-refractivity contribution in [2.45, 2.75) is 53.5 Å². The number of nitrogens with one attached hydrogen (secondary N) is 6. The second-order valence-electron chi connectivity index (χ2n) is 9.42. The molecular weight excluding hydrogens is 537 g/mol. The summed E-state index contributed by atoms with van der Waals surface area (Å²) >= 11 is 0. The van der Waals surface area contributed by atoms with Crippen molar-refractivity contribution in [3.63, 3.8) is 0 Å². The Morgan fingerprint density at radius 3 is 2.42 bits per heavy atom. The lowest BCUT2D eigenvalue weighted by molar-refractivity contribution is -0.231. The number of aliphatic hydroxyl groups is 2. The fourth-order valence-corrected chi connectivity index (χ4v) is 6.71. The van der Waals surface area contributed by atoms with E-state index in [2.05, 4.69) is 16.0 Å². The monoisotopic (exact) mass is 560 g/mol. The van der Waals surface area contributed by atoms with Gasteiger partial charge in [-0.05, 0) is 18.2 Å². The SMILES string of the molecule is N=C1NC2C(CN3C(=O)CCC3=O)NC(=N)N3C[C@H](NS(=O)(=O)c4cccc(C(F)(F)F)c4)C(O)(O)C23N1. The summed E-state index contributed by atoms with van der Waals surface area (Å²) in [4.78, 5) is 25.6. The first kappa shape index (κ1) is 26.1. The standard InChI is InChI=1S/C20H23F3N8O6S/c21-20(22,23)9-2-1-3-10(6-9)38(36,37)29-12-8-31-17(25)26-11(7-30-13(32)4-5-14(30)33)15-18(31,19(12,34)35)28-16(24)27-15/h1-3,6,11-12,15,29,34-35H,4-5,7-8H2,(H2,25,26)(H3,24,27,28)/t11?,12-,15?,18?/m0/s1. The summed E-state index contributed by atoms with van der Waals surface area (Å²) in [6, 6.07) is -1.09. The fourth-order valence-electron chi connectivity index (χ4n) is 5.42. The molecule has 4 atom stereocenters. The van der Waals surface area contributed by atoms with Gasteiger partial charge in [0, 0.05) is 19.4 Å². The molecule has 1 aromatic rings. The summed E-state index contributed by atoms with van der Waals surface area (Å²) in [5.74, 6) is -4.80. The van der Waals surface area contributed by atoms with Gasteiger partial charge in [0.05, 0.1) is 35.1 Å². The van der Waals surface area contributed by atoms with Crippen LogP contribution in [0.3, 0.4) is 0 Å². The zero-order valence-electron chi connectivity index (χ0n) is 19.3. The number of alkyl halides is 3. The molecule has 4 aliphatic rings. The molecule has 3 unspecified atom stereocenters. The van der Waals surface area contributed by atoms with E-state index >= 15 is 0 Å². The topological polar surface area (TPSA) is 211 Å². The number of imide groups is 1. The average molecular weight is 561 g/mol. The van der Waals surface area contributed by atoms with Crippen LogP contribution in [0.1, 0.15) is 18.4 Å². The Hall–Kier alpha value is -3.48. The highest BCUT2D eigenvalue weighted by Crippen LogP contribution is 2.43. The van der Waals surface area contributed by atoms with E-state index in [9.17, 15) is 41.4 Å². The number of guanidine groups is 2. The molecule has 14 nitrogen and oxygen atoms in total. The molecule has 0 aromatic heterocycles. The van der Waals surface area contributed by atoms with Crippen molar-refractivity contribution < 1.29 is 41.4 Å². The summed E-state index contributed by atoms with van der Waals surface area (Å²) in [7, 11) is -4.74. The van der Waals surface area contributed by atoms with E-state index < -0.39 is 86.5 Å². The molecule has 2 amide bonds. The maximum absolute atomic E-state index is 13.1. The first-order valence-corrected chi connectivity index (χ1v) is 12.8. The lowest BCUT2D eigenvalue weighted by atomic mass is 9.84. The molecule has 0 saturated carbocycles. The lowest BCUT2D eigenvalue weighted by Crippen LogP contribution is -2.81. The maximum Gasteiger partial charge on any atom is 0.416 e. The normalized spacial score (nSPS) is 30.6. The van der Waals surface area contributed by atoms with Crippen LogP contribution >= 0.6 is 0 Å².